The monoisotopic (exact) mass is 243 g/mol. The van der Waals surface area contributed by atoms with Gasteiger partial charge in [0.2, 0.25) is 5.91 Å². The minimum atomic E-state index is -4.36. The SMILES string of the molecule is O=C1CC(c2ccccc2C(F)(F)F)CCN1. The molecule has 0 aromatic heterocycles. The van der Waals surface area contributed by atoms with E-state index >= 15 is 0 Å². The van der Waals surface area contributed by atoms with Gasteiger partial charge in [0.05, 0.1) is 5.56 Å². The minimum Gasteiger partial charge on any atom is -0.356 e. The molecule has 0 aliphatic carbocycles. The van der Waals surface area contributed by atoms with Crippen LogP contribution in [0.5, 0.6) is 0 Å². The van der Waals surface area contributed by atoms with Crippen LogP contribution in [0.25, 0.3) is 0 Å². The van der Waals surface area contributed by atoms with Crippen LogP contribution in [-0.4, -0.2) is 12.5 Å². The first-order valence-electron chi connectivity index (χ1n) is 5.41. The Labute approximate surface area is 96.8 Å². The molecule has 1 aromatic rings. The van der Waals surface area contributed by atoms with Crippen LogP contribution < -0.4 is 5.32 Å². The second-order valence-electron chi connectivity index (χ2n) is 4.12. The van der Waals surface area contributed by atoms with Gasteiger partial charge >= 0.3 is 6.18 Å². The van der Waals surface area contributed by atoms with E-state index in [1.807, 2.05) is 0 Å². The van der Waals surface area contributed by atoms with Crippen LogP contribution in [0.1, 0.15) is 29.9 Å². The summed E-state index contributed by atoms with van der Waals surface area (Å²) in [6.45, 7) is 0.440. The van der Waals surface area contributed by atoms with Gasteiger partial charge in [-0.25, -0.2) is 0 Å². The zero-order valence-corrected chi connectivity index (χ0v) is 9.05. The van der Waals surface area contributed by atoms with Crippen LogP contribution in [0.3, 0.4) is 0 Å². The van der Waals surface area contributed by atoms with Crippen LogP contribution in [-0.2, 0) is 11.0 Å². The number of piperidine rings is 1. The average molecular weight is 243 g/mol. The Hall–Kier alpha value is -1.52. The number of benzene rings is 1. The number of nitrogens with one attached hydrogen (secondary N) is 1. The molecule has 2 nitrogen and oxygen atoms in total. The standard InChI is InChI=1S/C12H12F3NO/c13-12(14,15)10-4-2-1-3-9(10)8-5-6-16-11(17)7-8/h1-4,8H,5-7H2,(H,16,17). The van der Waals surface area contributed by atoms with E-state index in [4.69, 9.17) is 0 Å². The molecule has 1 aromatic carbocycles. The van der Waals surface area contributed by atoms with Gasteiger partial charge in [0.1, 0.15) is 0 Å². The van der Waals surface area contributed by atoms with Crippen molar-refractivity contribution < 1.29 is 18.0 Å². The maximum Gasteiger partial charge on any atom is 0.416 e. The fourth-order valence-electron chi connectivity index (χ4n) is 2.16. The van der Waals surface area contributed by atoms with Crippen LogP contribution >= 0.6 is 0 Å². The zero-order chi connectivity index (χ0) is 12.5. The second-order valence-corrected chi connectivity index (χ2v) is 4.12. The molecule has 0 bridgehead atoms. The summed E-state index contributed by atoms with van der Waals surface area (Å²) in [6.07, 6.45) is -3.67. The maximum absolute atomic E-state index is 12.8. The van der Waals surface area contributed by atoms with Crippen molar-refractivity contribution in [3.63, 3.8) is 0 Å². The normalized spacial score (nSPS) is 21.1. The highest BCUT2D eigenvalue weighted by molar-refractivity contribution is 5.77. The van der Waals surface area contributed by atoms with E-state index in [-0.39, 0.29) is 23.8 Å². The Kier molecular flexibility index (Phi) is 3.09. The molecule has 0 spiro atoms. The summed E-state index contributed by atoms with van der Waals surface area (Å²) in [5.74, 6) is -0.514. The van der Waals surface area contributed by atoms with Crippen molar-refractivity contribution in [3.8, 4) is 0 Å². The number of rotatable bonds is 1. The average Bonchev–Trinajstić information content (AvgIpc) is 2.28. The largest absolute Gasteiger partial charge is 0.416 e. The van der Waals surface area contributed by atoms with E-state index in [9.17, 15) is 18.0 Å². The first kappa shape index (κ1) is 12.0. The molecule has 1 fully saturated rings. The van der Waals surface area contributed by atoms with Gasteiger partial charge in [0, 0.05) is 13.0 Å². The van der Waals surface area contributed by atoms with Crippen LogP contribution in [0.2, 0.25) is 0 Å². The highest BCUT2D eigenvalue weighted by Crippen LogP contribution is 2.37. The molecule has 0 saturated carbocycles. The summed E-state index contributed by atoms with van der Waals surface area (Å²) in [6, 6.07) is 5.49. The Morgan fingerprint density at radius 3 is 2.59 bits per heavy atom. The van der Waals surface area contributed by atoms with Gasteiger partial charge in [-0.2, -0.15) is 13.2 Å². The van der Waals surface area contributed by atoms with Gasteiger partial charge in [-0.3, -0.25) is 4.79 Å². The Morgan fingerprint density at radius 1 is 1.24 bits per heavy atom. The Balaban J connectivity index is 2.34. The lowest BCUT2D eigenvalue weighted by atomic mass is 9.86. The molecule has 0 radical (unpaired) electrons. The molecule has 17 heavy (non-hydrogen) atoms. The number of hydrogen-bond donors (Lipinski definition) is 1. The molecule has 1 unspecified atom stereocenters. The lowest BCUT2D eigenvalue weighted by Crippen LogP contribution is -2.33. The fraction of sp³-hybridized carbons (Fsp3) is 0.417. The van der Waals surface area contributed by atoms with Crippen LogP contribution in [0.15, 0.2) is 24.3 Å². The van der Waals surface area contributed by atoms with Crippen molar-refractivity contribution in [1.82, 2.24) is 5.32 Å². The molecule has 1 atom stereocenters. The second kappa shape index (κ2) is 4.39. The lowest BCUT2D eigenvalue weighted by molar-refractivity contribution is -0.138. The Morgan fingerprint density at radius 2 is 1.94 bits per heavy atom. The number of carbonyl (C=O) groups is 1. The number of alkyl halides is 3. The third-order valence-corrected chi connectivity index (χ3v) is 2.95. The van der Waals surface area contributed by atoms with E-state index in [1.165, 1.54) is 12.1 Å². The van der Waals surface area contributed by atoms with Gasteiger partial charge in [-0.1, -0.05) is 18.2 Å². The van der Waals surface area contributed by atoms with Crippen LogP contribution in [0, 0.1) is 0 Å². The minimum absolute atomic E-state index is 0.132. The van der Waals surface area contributed by atoms with E-state index < -0.39 is 11.7 Å². The highest BCUT2D eigenvalue weighted by atomic mass is 19.4. The number of halogens is 3. The molecule has 1 heterocycles. The summed E-state index contributed by atoms with van der Waals surface area (Å²) in [5, 5.41) is 2.62. The van der Waals surface area contributed by atoms with Crippen molar-refractivity contribution in [2.45, 2.75) is 24.9 Å². The first-order chi connectivity index (χ1) is 7.98. The van der Waals surface area contributed by atoms with Crippen molar-refractivity contribution in [2.75, 3.05) is 6.54 Å². The quantitative estimate of drug-likeness (QED) is 0.807. The van der Waals surface area contributed by atoms with E-state index in [2.05, 4.69) is 5.32 Å². The molecule has 1 saturated heterocycles. The maximum atomic E-state index is 12.8. The predicted molar refractivity (Wildman–Crippen MR) is 56.4 cm³/mol. The van der Waals surface area contributed by atoms with Crippen molar-refractivity contribution in [2.24, 2.45) is 0 Å². The van der Waals surface area contributed by atoms with E-state index in [0.717, 1.165) is 6.07 Å². The third-order valence-electron chi connectivity index (χ3n) is 2.95. The van der Waals surface area contributed by atoms with Gasteiger partial charge in [0.15, 0.2) is 0 Å². The van der Waals surface area contributed by atoms with Gasteiger partial charge in [0.25, 0.3) is 0 Å². The molecule has 1 N–H and O–H groups in total. The van der Waals surface area contributed by atoms with Gasteiger partial charge < -0.3 is 5.32 Å². The van der Waals surface area contributed by atoms with Crippen molar-refractivity contribution >= 4 is 5.91 Å². The molecule has 1 aliphatic rings. The van der Waals surface area contributed by atoms with Gasteiger partial charge in [-0.05, 0) is 24.0 Å². The molecular formula is C12H12F3NO. The Bertz CT molecular complexity index is 428. The fourth-order valence-corrected chi connectivity index (χ4v) is 2.16. The lowest BCUT2D eigenvalue weighted by Gasteiger charge is -2.25. The summed E-state index contributed by atoms with van der Waals surface area (Å²) < 4.78 is 38.4. The topological polar surface area (TPSA) is 29.1 Å². The highest BCUT2D eigenvalue weighted by Gasteiger charge is 2.35. The predicted octanol–water partition coefficient (Wildman–Crippen LogP) is 2.70. The number of hydrogen-bond acceptors (Lipinski definition) is 1. The first-order valence-corrected chi connectivity index (χ1v) is 5.41. The van der Waals surface area contributed by atoms with E-state index in [1.54, 1.807) is 6.07 Å². The summed E-state index contributed by atoms with van der Waals surface area (Å²) in [4.78, 5) is 11.2. The smallest absolute Gasteiger partial charge is 0.356 e. The number of carbonyl (C=O) groups excluding carboxylic acids is 1. The molecule has 92 valence electrons. The molecule has 1 aliphatic heterocycles. The number of amides is 1. The van der Waals surface area contributed by atoms with Crippen molar-refractivity contribution in [3.05, 3.63) is 35.4 Å². The van der Waals surface area contributed by atoms with E-state index in [0.29, 0.717) is 13.0 Å². The summed E-state index contributed by atoms with van der Waals surface area (Å²) >= 11 is 0. The van der Waals surface area contributed by atoms with Gasteiger partial charge in [-0.15, -0.1) is 0 Å². The zero-order valence-electron chi connectivity index (χ0n) is 9.05. The van der Waals surface area contributed by atoms with Crippen molar-refractivity contribution in [1.29, 1.82) is 0 Å². The molecule has 2 rings (SSSR count). The molecule has 1 amide bonds. The van der Waals surface area contributed by atoms with Crippen LogP contribution in [0.4, 0.5) is 13.2 Å². The third kappa shape index (κ3) is 2.60. The molecular weight excluding hydrogens is 231 g/mol. The summed E-state index contributed by atoms with van der Waals surface area (Å²) in [7, 11) is 0. The summed E-state index contributed by atoms with van der Waals surface area (Å²) in [5.41, 5.74) is -0.394. The molecule has 5 heteroatoms.